The molecule has 1 aromatic rings. The maximum Gasteiger partial charge on any atom is 0.152 e. The minimum absolute atomic E-state index is 0.0534. The van der Waals surface area contributed by atoms with Crippen molar-refractivity contribution in [2.24, 2.45) is 12.8 Å². The molecule has 0 saturated heterocycles. The quantitative estimate of drug-likeness (QED) is 0.656. The van der Waals surface area contributed by atoms with Gasteiger partial charge in [0.05, 0.1) is 5.69 Å². The van der Waals surface area contributed by atoms with E-state index in [-0.39, 0.29) is 6.54 Å². The topological polar surface area (TPSA) is 30.9 Å². The van der Waals surface area contributed by atoms with E-state index in [2.05, 4.69) is 0 Å². The molecule has 2 N–H and O–H groups in total. The van der Waals surface area contributed by atoms with Gasteiger partial charge in [0.15, 0.2) is 6.17 Å². The van der Waals surface area contributed by atoms with Crippen LogP contribution in [0.4, 0.5) is 4.39 Å². The smallest absolute Gasteiger partial charge is 0.152 e. The third-order valence-corrected chi connectivity index (χ3v) is 1.51. The van der Waals surface area contributed by atoms with Crippen LogP contribution < -0.4 is 5.73 Å². The monoisotopic (exact) mass is 142 g/mol. The molecular formula is C7H11FN2. The van der Waals surface area contributed by atoms with Gasteiger partial charge in [0, 0.05) is 19.8 Å². The van der Waals surface area contributed by atoms with Crippen LogP contribution in [0.25, 0.3) is 0 Å². The van der Waals surface area contributed by atoms with Gasteiger partial charge >= 0.3 is 0 Å². The molecule has 10 heavy (non-hydrogen) atoms. The number of halogens is 1. The van der Waals surface area contributed by atoms with Gasteiger partial charge in [0.2, 0.25) is 0 Å². The van der Waals surface area contributed by atoms with Crippen molar-refractivity contribution >= 4 is 0 Å². The fourth-order valence-corrected chi connectivity index (χ4v) is 0.920. The Morgan fingerprint density at radius 3 is 2.90 bits per heavy atom. The number of hydrogen-bond acceptors (Lipinski definition) is 1. The molecule has 1 rings (SSSR count). The lowest BCUT2D eigenvalue weighted by Gasteiger charge is -2.05. The van der Waals surface area contributed by atoms with Crippen molar-refractivity contribution in [2.45, 2.75) is 6.17 Å². The summed E-state index contributed by atoms with van der Waals surface area (Å²) in [7, 11) is 1.80. The molecule has 0 aromatic carbocycles. The second-order valence-corrected chi connectivity index (χ2v) is 2.25. The highest BCUT2D eigenvalue weighted by Crippen LogP contribution is 2.14. The molecule has 1 aromatic heterocycles. The van der Waals surface area contributed by atoms with Crippen LogP contribution in [-0.4, -0.2) is 11.1 Å². The molecule has 0 spiro atoms. The van der Waals surface area contributed by atoms with Gasteiger partial charge in [-0.15, -0.1) is 0 Å². The first-order valence-electron chi connectivity index (χ1n) is 3.21. The van der Waals surface area contributed by atoms with Crippen molar-refractivity contribution in [1.29, 1.82) is 0 Å². The molecule has 2 nitrogen and oxygen atoms in total. The molecule has 0 saturated carbocycles. The molecule has 0 bridgehead atoms. The van der Waals surface area contributed by atoms with Gasteiger partial charge in [-0.3, -0.25) is 0 Å². The van der Waals surface area contributed by atoms with Gasteiger partial charge in [-0.05, 0) is 12.1 Å². The van der Waals surface area contributed by atoms with E-state index in [1.54, 1.807) is 29.9 Å². The largest absolute Gasteiger partial charge is 0.352 e. The van der Waals surface area contributed by atoms with Crippen LogP contribution in [0.3, 0.4) is 0 Å². The molecular weight excluding hydrogens is 131 g/mol. The zero-order chi connectivity index (χ0) is 7.56. The van der Waals surface area contributed by atoms with Crippen LogP contribution >= 0.6 is 0 Å². The Labute approximate surface area is 59.5 Å². The van der Waals surface area contributed by atoms with Crippen molar-refractivity contribution in [3.8, 4) is 0 Å². The van der Waals surface area contributed by atoms with E-state index in [4.69, 9.17) is 5.73 Å². The van der Waals surface area contributed by atoms with Gasteiger partial charge in [-0.2, -0.15) is 0 Å². The Morgan fingerprint density at radius 1 is 1.80 bits per heavy atom. The number of aromatic nitrogens is 1. The molecule has 0 aliphatic rings. The van der Waals surface area contributed by atoms with Crippen molar-refractivity contribution in [1.82, 2.24) is 4.57 Å². The fourth-order valence-electron chi connectivity index (χ4n) is 0.920. The van der Waals surface area contributed by atoms with Crippen LogP contribution in [-0.2, 0) is 7.05 Å². The molecule has 0 aliphatic heterocycles. The van der Waals surface area contributed by atoms with Gasteiger partial charge in [0.25, 0.3) is 0 Å². The Hall–Kier alpha value is -0.830. The minimum atomic E-state index is -1.03. The van der Waals surface area contributed by atoms with Crippen molar-refractivity contribution in [2.75, 3.05) is 6.54 Å². The lowest BCUT2D eigenvalue weighted by Crippen LogP contribution is -2.10. The van der Waals surface area contributed by atoms with Crippen LogP contribution in [0.15, 0.2) is 18.3 Å². The number of nitrogens with zero attached hydrogens (tertiary/aromatic N) is 1. The summed E-state index contributed by atoms with van der Waals surface area (Å²) in [6, 6.07) is 3.54. The van der Waals surface area contributed by atoms with Crippen LogP contribution in [0.2, 0.25) is 0 Å². The second-order valence-electron chi connectivity index (χ2n) is 2.25. The zero-order valence-corrected chi connectivity index (χ0v) is 5.92. The highest BCUT2D eigenvalue weighted by Gasteiger charge is 2.08. The van der Waals surface area contributed by atoms with Crippen LogP contribution in [0.5, 0.6) is 0 Å². The predicted octanol–water partition coefficient (Wildman–Crippen LogP) is 0.994. The molecule has 0 amide bonds. The summed E-state index contributed by atoms with van der Waals surface area (Å²) in [6.45, 7) is 0.0534. The summed E-state index contributed by atoms with van der Waals surface area (Å²) in [5.41, 5.74) is 5.78. The molecule has 1 atom stereocenters. The first-order valence-corrected chi connectivity index (χ1v) is 3.21. The maximum atomic E-state index is 12.8. The third kappa shape index (κ3) is 1.19. The lowest BCUT2D eigenvalue weighted by atomic mass is 10.3. The van der Waals surface area contributed by atoms with E-state index in [0.717, 1.165) is 0 Å². The standard InChI is InChI=1S/C7H11FN2/c1-10-4-2-3-7(10)6(8)5-9/h2-4,6H,5,9H2,1H3. The summed E-state index contributed by atoms with van der Waals surface area (Å²) in [6.07, 6.45) is 0.775. The van der Waals surface area contributed by atoms with Crippen LogP contribution in [0.1, 0.15) is 11.9 Å². The fraction of sp³-hybridized carbons (Fsp3) is 0.429. The highest BCUT2D eigenvalue weighted by molar-refractivity contribution is 5.09. The Bertz CT molecular complexity index is 207. The van der Waals surface area contributed by atoms with E-state index < -0.39 is 6.17 Å². The minimum Gasteiger partial charge on any atom is -0.352 e. The van der Waals surface area contributed by atoms with Gasteiger partial charge in [-0.25, -0.2) is 4.39 Å². The van der Waals surface area contributed by atoms with E-state index >= 15 is 0 Å². The predicted molar refractivity (Wildman–Crippen MR) is 38.3 cm³/mol. The molecule has 56 valence electrons. The third-order valence-electron chi connectivity index (χ3n) is 1.51. The molecule has 0 aliphatic carbocycles. The number of alkyl halides is 1. The van der Waals surface area contributed by atoms with Crippen molar-refractivity contribution in [3.05, 3.63) is 24.0 Å². The summed E-state index contributed by atoms with van der Waals surface area (Å²) in [5.74, 6) is 0. The lowest BCUT2D eigenvalue weighted by molar-refractivity contribution is 0.338. The first kappa shape index (κ1) is 7.28. The maximum absolute atomic E-state index is 12.8. The average molecular weight is 142 g/mol. The van der Waals surface area contributed by atoms with E-state index in [0.29, 0.717) is 5.69 Å². The Kier molecular flexibility index (Phi) is 2.06. The first-order chi connectivity index (χ1) is 4.75. The number of nitrogens with two attached hydrogens (primary N) is 1. The molecule has 0 radical (unpaired) electrons. The molecule has 1 heterocycles. The summed E-state index contributed by atoms with van der Waals surface area (Å²) in [4.78, 5) is 0. The molecule has 0 fully saturated rings. The van der Waals surface area contributed by atoms with Crippen molar-refractivity contribution in [3.63, 3.8) is 0 Å². The van der Waals surface area contributed by atoms with E-state index in [9.17, 15) is 4.39 Å². The van der Waals surface area contributed by atoms with Crippen molar-refractivity contribution < 1.29 is 4.39 Å². The van der Waals surface area contributed by atoms with E-state index in [1.807, 2.05) is 0 Å². The second kappa shape index (κ2) is 2.84. The molecule has 3 heteroatoms. The van der Waals surface area contributed by atoms with Gasteiger partial charge in [0.1, 0.15) is 0 Å². The summed E-state index contributed by atoms with van der Waals surface area (Å²) < 4.78 is 14.5. The SMILES string of the molecule is Cn1cccc1C(F)CN. The number of aryl methyl sites for hydroxylation is 1. The van der Waals surface area contributed by atoms with Gasteiger partial charge < -0.3 is 10.3 Å². The molecule has 1 unspecified atom stereocenters. The number of hydrogen-bond donors (Lipinski definition) is 1. The summed E-state index contributed by atoms with van der Waals surface area (Å²) >= 11 is 0. The highest BCUT2D eigenvalue weighted by atomic mass is 19.1. The Morgan fingerprint density at radius 2 is 2.50 bits per heavy atom. The number of rotatable bonds is 2. The van der Waals surface area contributed by atoms with Gasteiger partial charge in [-0.1, -0.05) is 0 Å². The Balaban J connectivity index is 2.82. The summed E-state index contributed by atoms with van der Waals surface area (Å²) in [5, 5.41) is 0. The van der Waals surface area contributed by atoms with E-state index in [1.165, 1.54) is 0 Å². The zero-order valence-electron chi connectivity index (χ0n) is 5.92. The average Bonchev–Trinajstić information content (AvgIpc) is 2.34. The van der Waals surface area contributed by atoms with Crippen LogP contribution in [0, 0.1) is 0 Å². The normalized spacial score (nSPS) is 13.5.